The van der Waals surface area contributed by atoms with E-state index in [0.717, 1.165) is 0 Å². The van der Waals surface area contributed by atoms with Crippen LogP contribution < -0.4 is 0 Å². The van der Waals surface area contributed by atoms with E-state index in [9.17, 15) is 23.8 Å². The van der Waals surface area contributed by atoms with Crippen LogP contribution in [0.3, 0.4) is 0 Å². The fraction of sp³-hybridized carbons (Fsp3) is 0.615. The van der Waals surface area contributed by atoms with Gasteiger partial charge in [0.2, 0.25) is 0 Å². The van der Waals surface area contributed by atoms with Crippen LogP contribution in [0.4, 0.5) is 8.78 Å². The van der Waals surface area contributed by atoms with Gasteiger partial charge in [-0.25, -0.2) is 8.78 Å². The Hall–Kier alpha value is -1.07. The van der Waals surface area contributed by atoms with Gasteiger partial charge in [-0.3, -0.25) is 4.79 Å². The average Bonchev–Trinajstić information content (AvgIpc) is 2.29. The molecule has 5 heteroatoms. The van der Waals surface area contributed by atoms with Crippen molar-refractivity contribution >= 4 is 5.78 Å². The summed E-state index contributed by atoms with van der Waals surface area (Å²) in [5, 5.41) is 18.7. The summed E-state index contributed by atoms with van der Waals surface area (Å²) in [6, 6.07) is 0. The van der Waals surface area contributed by atoms with Crippen molar-refractivity contribution in [2.75, 3.05) is 0 Å². The molecule has 0 saturated carbocycles. The molecular weight excluding hydrogens is 242 g/mol. The Kier molecular flexibility index (Phi) is 8.41. The molecular formula is C13H20F2O3. The molecule has 0 radical (unpaired) electrons. The maximum Gasteiger partial charge on any atom is 0.138 e. The highest BCUT2D eigenvalue weighted by atomic mass is 19.1. The minimum atomic E-state index is -1.57. The van der Waals surface area contributed by atoms with Crippen molar-refractivity contribution in [1.82, 2.24) is 0 Å². The van der Waals surface area contributed by atoms with E-state index >= 15 is 0 Å². The molecule has 0 aliphatic rings. The van der Waals surface area contributed by atoms with Gasteiger partial charge in [0.1, 0.15) is 18.1 Å². The number of hydrogen-bond donors (Lipinski definition) is 2. The van der Waals surface area contributed by atoms with Gasteiger partial charge in [0.05, 0.1) is 12.2 Å². The summed E-state index contributed by atoms with van der Waals surface area (Å²) in [7, 11) is 0. The number of allylic oxidation sites excluding steroid dienone is 2. The summed E-state index contributed by atoms with van der Waals surface area (Å²) in [6.45, 7) is 6.64. The SMILES string of the molecule is C=CC[C@@H](F)[C@H](O)CC(=O)C[C@@H](O)[C@@H](F)CC=C. The third kappa shape index (κ3) is 6.61. The zero-order valence-electron chi connectivity index (χ0n) is 10.3. The monoisotopic (exact) mass is 262 g/mol. The number of halogens is 2. The third-order valence-electron chi connectivity index (χ3n) is 2.49. The molecule has 0 aliphatic heterocycles. The van der Waals surface area contributed by atoms with Gasteiger partial charge in [-0.1, -0.05) is 12.2 Å². The standard InChI is InChI=1S/C13H20F2O3/c1-3-5-10(14)12(17)7-9(16)8-13(18)11(15)6-4-2/h3-4,10-13,17-18H,1-2,5-8H2/t10-,11+,12-,13-/m1/s1. The van der Waals surface area contributed by atoms with E-state index in [2.05, 4.69) is 13.2 Å². The summed E-state index contributed by atoms with van der Waals surface area (Å²) in [5.74, 6) is -0.576. The zero-order valence-corrected chi connectivity index (χ0v) is 10.3. The Balaban J connectivity index is 4.09. The number of rotatable bonds is 10. The molecule has 0 amide bonds. The molecule has 0 aromatic rings. The van der Waals surface area contributed by atoms with Crippen molar-refractivity contribution in [3.63, 3.8) is 0 Å². The lowest BCUT2D eigenvalue weighted by Crippen LogP contribution is -2.29. The second kappa shape index (κ2) is 8.94. The lowest BCUT2D eigenvalue weighted by Gasteiger charge is -2.16. The van der Waals surface area contributed by atoms with Gasteiger partial charge >= 0.3 is 0 Å². The summed E-state index contributed by atoms with van der Waals surface area (Å²) >= 11 is 0. The number of hydrogen-bond acceptors (Lipinski definition) is 3. The van der Waals surface area contributed by atoms with Gasteiger partial charge in [-0.15, -0.1) is 13.2 Å². The first-order chi connectivity index (χ1) is 8.42. The van der Waals surface area contributed by atoms with Crippen molar-refractivity contribution in [2.24, 2.45) is 0 Å². The smallest absolute Gasteiger partial charge is 0.138 e. The Morgan fingerprint density at radius 1 is 1.00 bits per heavy atom. The van der Waals surface area contributed by atoms with E-state index in [-0.39, 0.29) is 12.8 Å². The lowest BCUT2D eigenvalue weighted by molar-refractivity contribution is -0.124. The quantitative estimate of drug-likeness (QED) is 0.591. The number of carbonyl (C=O) groups is 1. The highest BCUT2D eigenvalue weighted by molar-refractivity contribution is 5.79. The summed E-state index contributed by atoms with van der Waals surface area (Å²) in [5.41, 5.74) is 0. The first kappa shape index (κ1) is 16.9. The number of Topliss-reactive ketones (excluding diaryl/α,β-unsaturated/α-hetero) is 1. The number of carbonyl (C=O) groups excluding carboxylic acids is 1. The molecule has 0 rings (SSSR count). The van der Waals surface area contributed by atoms with Crippen LogP contribution in [-0.4, -0.2) is 40.5 Å². The molecule has 0 bridgehead atoms. The number of aliphatic hydroxyl groups is 2. The van der Waals surface area contributed by atoms with Gasteiger partial charge in [0.25, 0.3) is 0 Å². The molecule has 3 nitrogen and oxygen atoms in total. The van der Waals surface area contributed by atoms with Crippen LogP contribution in [0, 0.1) is 0 Å². The van der Waals surface area contributed by atoms with Crippen molar-refractivity contribution in [3.8, 4) is 0 Å². The number of ketones is 1. The number of aliphatic hydroxyl groups excluding tert-OH is 2. The van der Waals surface area contributed by atoms with Crippen molar-refractivity contribution < 1.29 is 23.8 Å². The summed E-state index contributed by atoms with van der Waals surface area (Å²) < 4.78 is 26.3. The number of alkyl halides is 2. The minimum absolute atomic E-state index is 0.0563. The van der Waals surface area contributed by atoms with Crippen LogP contribution in [0.25, 0.3) is 0 Å². The van der Waals surface area contributed by atoms with E-state index in [1.807, 2.05) is 0 Å². The van der Waals surface area contributed by atoms with Crippen molar-refractivity contribution in [1.29, 1.82) is 0 Å². The van der Waals surface area contributed by atoms with Crippen molar-refractivity contribution in [3.05, 3.63) is 25.3 Å². The first-order valence-corrected chi connectivity index (χ1v) is 5.80. The fourth-order valence-electron chi connectivity index (χ4n) is 1.44. The van der Waals surface area contributed by atoms with Crippen LogP contribution in [0.2, 0.25) is 0 Å². The van der Waals surface area contributed by atoms with Gasteiger partial charge in [0, 0.05) is 12.8 Å². The largest absolute Gasteiger partial charge is 0.390 e. The van der Waals surface area contributed by atoms with Gasteiger partial charge in [0.15, 0.2) is 0 Å². The molecule has 0 heterocycles. The van der Waals surface area contributed by atoms with Crippen LogP contribution in [-0.2, 0) is 4.79 Å². The van der Waals surface area contributed by atoms with E-state index in [4.69, 9.17) is 0 Å². The highest BCUT2D eigenvalue weighted by Gasteiger charge is 2.24. The Bertz CT molecular complexity index is 255. The van der Waals surface area contributed by atoms with E-state index in [0.29, 0.717) is 0 Å². The first-order valence-electron chi connectivity index (χ1n) is 5.80. The zero-order chi connectivity index (χ0) is 14.1. The topological polar surface area (TPSA) is 57.5 Å². The normalized spacial score (nSPS) is 17.6. The fourth-order valence-corrected chi connectivity index (χ4v) is 1.44. The second-order valence-corrected chi connectivity index (χ2v) is 4.16. The molecule has 0 saturated heterocycles. The Morgan fingerprint density at radius 2 is 1.33 bits per heavy atom. The highest BCUT2D eigenvalue weighted by Crippen LogP contribution is 2.14. The molecule has 0 aromatic carbocycles. The average molecular weight is 262 g/mol. The minimum Gasteiger partial charge on any atom is -0.390 e. The van der Waals surface area contributed by atoms with Crippen molar-refractivity contribution in [2.45, 2.75) is 50.2 Å². The predicted octanol–water partition coefficient (Wildman–Crippen LogP) is 1.89. The molecule has 18 heavy (non-hydrogen) atoms. The molecule has 0 aromatic heterocycles. The van der Waals surface area contributed by atoms with Crippen LogP contribution in [0.15, 0.2) is 25.3 Å². The summed E-state index contributed by atoms with van der Waals surface area (Å²) in [4.78, 5) is 11.4. The molecule has 0 spiro atoms. The maximum atomic E-state index is 13.2. The van der Waals surface area contributed by atoms with E-state index < -0.39 is 43.2 Å². The molecule has 2 N–H and O–H groups in total. The van der Waals surface area contributed by atoms with E-state index in [1.165, 1.54) is 12.2 Å². The Morgan fingerprint density at radius 3 is 1.61 bits per heavy atom. The third-order valence-corrected chi connectivity index (χ3v) is 2.49. The van der Waals surface area contributed by atoms with Gasteiger partial charge in [-0.05, 0) is 12.8 Å². The second-order valence-electron chi connectivity index (χ2n) is 4.16. The summed E-state index contributed by atoms with van der Waals surface area (Å²) in [6.07, 6.45) is -4.42. The molecule has 0 unspecified atom stereocenters. The predicted molar refractivity (Wildman–Crippen MR) is 65.7 cm³/mol. The lowest BCUT2D eigenvalue weighted by atomic mass is 10.00. The Labute approximate surface area is 106 Å². The molecule has 104 valence electrons. The molecule has 0 aliphatic carbocycles. The van der Waals surface area contributed by atoms with Crippen LogP contribution in [0.1, 0.15) is 25.7 Å². The van der Waals surface area contributed by atoms with Crippen LogP contribution >= 0.6 is 0 Å². The van der Waals surface area contributed by atoms with Gasteiger partial charge in [-0.2, -0.15) is 0 Å². The maximum absolute atomic E-state index is 13.2. The van der Waals surface area contributed by atoms with E-state index in [1.54, 1.807) is 0 Å². The molecule has 0 fully saturated rings. The van der Waals surface area contributed by atoms with Gasteiger partial charge < -0.3 is 10.2 Å². The molecule has 4 atom stereocenters. The van der Waals surface area contributed by atoms with Crippen LogP contribution in [0.5, 0.6) is 0 Å².